The SMILES string of the molecule is COc1ccccc1C1CC(c2ccccc2)=NN1C(=O)CN1CCCCC1C. The molecule has 2 atom stereocenters. The Morgan fingerprint density at radius 3 is 2.62 bits per heavy atom. The lowest BCUT2D eigenvalue weighted by Gasteiger charge is -2.34. The highest BCUT2D eigenvalue weighted by molar-refractivity contribution is 6.03. The first kappa shape index (κ1) is 19.6. The van der Waals surface area contributed by atoms with Gasteiger partial charge in [-0.2, -0.15) is 5.10 Å². The molecule has 5 heteroatoms. The lowest BCUT2D eigenvalue weighted by Crippen LogP contribution is -2.44. The second kappa shape index (κ2) is 8.78. The summed E-state index contributed by atoms with van der Waals surface area (Å²) in [5, 5.41) is 6.50. The van der Waals surface area contributed by atoms with Crippen LogP contribution in [0.4, 0.5) is 0 Å². The largest absolute Gasteiger partial charge is 0.496 e. The van der Waals surface area contributed by atoms with Crippen molar-refractivity contribution in [1.29, 1.82) is 0 Å². The molecule has 0 aliphatic carbocycles. The molecular formula is C24H29N3O2. The molecule has 2 aromatic carbocycles. The molecule has 1 fully saturated rings. The van der Waals surface area contributed by atoms with E-state index < -0.39 is 0 Å². The number of methoxy groups -OCH3 is 1. The van der Waals surface area contributed by atoms with Crippen molar-refractivity contribution in [2.24, 2.45) is 5.10 Å². The van der Waals surface area contributed by atoms with Crippen LogP contribution in [-0.4, -0.2) is 47.8 Å². The third-order valence-electron chi connectivity index (χ3n) is 6.05. The summed E-state index contributed by atoms with van der Waals surface area (Å²) in [5.74, 6) is 0.853. The molecule has 2 heterocycles. The summed E-state index contributed by atoms with van der Waals surface area (Å²) in [6, 6.07) is 18.4. The molecule has 152 valence electrons. The first-order valence-corrected chi connectivity index (χ1v) is 10.5. The summed E-state index contributed by atoms with van der Waals surface area (Å²) < 4.78 is 5.59. The average molecular weight is 392 g/mol. The number of hydrazone groups is 1. The molecule has 2 aliphatic rings. The van der Waals surface area contributed by atoms with Crippen molar-refractivity contribution in [1.82, 2.24) is 9.91 Å². The maximum Gasteiger partial charge on any atom is 0.257 e. The topological polar surface area (TPSA) is 45.1 Å². The van der Waals surface area contributed by atoms with E-state index in [2.05, 4.69) is 24.0 Å². The van der Waals surface area contributed by atoms with Crippen LogP contribution in [0.5, 0.6) is 5.75 Å². The second-order valence-electron chi connectivity index (χ2n) is 7.93. The number of amides is 1. The van der Waals surface area contributed by atoms with E-state index in [0.29, 0.717) is 19.0 Å². The summed E-state index contributed by atoms with van der Waals surface area (Å²) in [4.78, 5) is 15.6. The molecule has 5 nitrogen and oxygen atoms in total. The number of carbonyl (C=O) groups excluding carboxylic acids is 1. The Morgan fingerprint density at radius 1 is 1.10 bits per heavy atom. The fraction of sp³-hybridized carbons (Fsp3) is 0.417. The van der Waals surface area contributed by atoms with Crippen LogP contribution >= 0.6 is 0 Å². The molecule has 0 saturated carbocycles. The molecule has 4 rings (SSSR count). The molecule has 2 aromatic rings. The molecule has 1 saturated heterocycles. The van der Waals surface area contributed by atoms with Gasteiger partial charge in [0.1, 0.15) is 5.75 Å². The first-order chi connectivity index (χ1) is 14.2. The van der Waals surface area contributed by atoms with Gasteiger partial charge in [0.05, 0.1) is 25.4 Å². The van der Waals surface area contributed by atoms with Crippen molar-refractivity contribution in [3.05, 3.63) is 65.7 Å². The third-order valence-corrected chi connectivity index (χ3v) is 6.05. The maximum absolute atomic E-state index is 13.4. The molecular weight excluding hydrogens is 362 g/mol. The zero-order valence-corrected chi connectivity index (χ0v) is 17.3. The van der Waals surface area contributed by atoms with Crippen LogP contribution < -0.4 is 4.74 Å². The number of ether oxygens (including phenoxy) is 1. The smallest absolute Gasteiger partial charge is 0.257 e. The number of hydrogen-bond donors (Lipinski definition) is 0. The Balaban J connectivity index is 1.63. The maximum atomic E-state index is 13.4. The van der Waals surface area contributed by atoms with Crippen molar-refractivity contribution in [3.63, 3.8) is 0 Å². The monoisotopic (exact) mass is 391 g/mol. The van der Waals surface area contributed by atoms with Gasteiger partial charge >= 0.3 is 0 Å². The van der Waals surface area contributed by atoms with E-state index in [1.807, 2.05) is 42.5 Å². The van der Waals surface area contributed by atoms with Gasteiger partial charge in [-0.15, -0.1) is 0 Å². The lowest BCUT2D eigenvalue weighted by atomic mass is 9.97. The highest BCUT2D eigenvalue weighted by Crippen LogP contribution is 2.37. The molecule has 0 radical (unpaired) electrons. The van der Waals surface area contributed by atoms with Crippen LogP contribution in [0, 0.1) is 0 Å². The molecule has 0 N–H and O–H groups in total. The molecule has 29 heavy (non-hydrogen) atoms. The van der Waals surface area contributed by atoms with Gasteiger partial charge in [0.25, 0.3) is 5.91 Å². The van der Waals surface area contributed by atoms with Crippen molar-refractivity contribution in [2.45, 2.75) is 44.7 Å². The minimum Gasteiger partial charge on any atom is -0.496 e. The van der Waals surface area contributed by atoms with E-state index in [1.165, 1.54) is 6.42 Å². The Morgan fingerprint density at radius 2 is 1.86 bits per heavy atom. The van der Waals surface area contributed by atoms with Gasteiger partial charge in [-0.25, -0.2) is 5.01 Å². The second-order valence-corrected chi connectivity index (χ2v) is 7.93. The Bertz CT molecular complexity index is 881. The fourth-order valence-electron chi connectivity index (χ4n) is 4.37. The van der Waals surface area contributed by atoms with Gasteiger partial charge in [0.2, 0.25) is 0 Å². The third kappa shape index (κ3) is 4.20. The zero-order chi connectivity index (χ0) is 20.2. The number of hydrogen-bond acceptors (Lipinski definition) is 4. The minimum absolute atomic E-state index is 0.0561. The van der Waals surface area contributed by atoms with Crippen molar-refractivity contribution in [2.75, 3.05) is 20.2 Å². The summed E-state index contributed by atoms with van der Waals surface area (Å²) in [5.41, 5.74) is 3.01. The quantitative estimate of drug-likeness (QED) is 0.766. The standard InChI is InChI=1S/C24H29N3O2/c1-18-10-8-9-15-26(18)17-24(28)27-22(20-13-6-7-14-23(20)29-2)16-21(25-27)19-11-4-3-5-12-19/h3-7,11-14,18,22H,8-10,15-17H2,1-2H3. The van der Waals surface area contributed by atoms with Crippen molar-refractivity contribution < 1.29 is 9.53 Å². The number of rotatable bonds is 5. The van der Waals surface area contributed by atoms with Gasteiger partial charge < -0.3 is 4.74 Å². The van der Waals surface area contributed by atoms with Crippen LogP contribution in [0.2, 0.25) is 0 Å². The first-order valence-electron chi connectivity index (χ1n) is 10.5. The number of para-hydroxylation sites is 1. The number of benzene rings is 2. The molecule has 0 aromatic heterocycles. The highest BCUT2D eigenvalue weighted by Gasteiger charge is 2.35. The van der Waals surface area contributed by atoms with E-state index in [4.69, 9.17) is 9.84 Å². The van der Waals surface area contributed by atoms with Crippen LogP contribution in [0.25, 0.3) is 0 Å². The summed E-state index contributed by atoms with van der Waals surface area (Å²) in [6.45, 7) is 3.61. The van der Waals surface area contributed by atoms with E-state index in [9.17, 15) is 4.79 Å². The predicted molar refractivity (Wildman–Crippen MR) is 115 cm³/mol. The Kier molecular flexibility index (Phi) is 5.95. The van der Waals surface area contributed by atoms with Gasteiger partial charge in [-0.05, 0) is 37.9 Å². The van der Waals surface area contributed by atoms with Crippen LogP contribution in [0.3, 0.4) is 0 Å². The summed E-state index contributed by atoms with van der Waals surface area (Å²) in [7, 11) is 1.67. The number of piperidine rings is 1. The molecule has 2 aliphatic heterocycles. The number of likely N-dealkylation sites (tertiary alicyclic amines) is 1. The van der Waals surface area contributed by atoms with E-state index in [-0.39, 0.29) is 11.9 Å². The van der Waals surface area contributed by atoms with E-state index >= 15 is 0 Å². The molecule has 0 bridgehead atoms. The Hall–Kier alpha value is -2.66. The number of nitrogens with zero attached hydrogens (tertiary/aromatic N) is 3. The molecule has 1 amide bonds. The summed E-state index contributed by atoms with van der Waals surface area (Å²) >= 11 is 0. The van der Waals surface area contributed by atoms with Crippen molar-refractivity contribution in [3.8, 4) is 5.75 Å². The summed E-state index contributed by atoms with van der Waals surface area (Å²) in [6.07, 6.45) is 4.25. The highest BCUT2D eigenvalue weighted by atomic mass is 16.5. The average Bonchev–Trinajstić information content (AvgIpc) is 3.21. The van der Waals surface area contributed by atoms with E-state index in [1.54, 1.807) is 12.1 Å². The van der Waals surface area contributed by atoms with Crippen LogP contribution in [0.1, 0.15) is 49.8 Å². The van der Waals surface area contributed by atoms with Gasteiger partial charge in [0.15, 0.2) is 0 Å². The minimum atomic E-state index is -0.144. The van der Waals surface area contributed by atoms with Crippen molar-refractivity contribution >= 4 is 11.6 Å². The van der Waals surface area contributed by atoms with E-state index in [0.717, 1.165) is 42.0 Å². The van der Waals surface area contributed by atoms with Gasteiger partial charge in [0, 0.05) is 18.0 Å². The normalized spacial score (nSPS) is 22.4. The van der Waals surface area contributed by atoms with Crippen LogP contribution in [0.15, 0.2) is 59.7 Å². The lowest BCUT2D eigenvalue weighted by molar-refractivity contribution is -0.135. The number of carbonyl (C=O) groups is 1. The predicted octanol–water partition coefficient (Wildman–Crippen LogP) is 4.25. The zero-order valence-electron chi connectivity index (χ0n) is 17.3. The fourth-order valence-corrected chi connectivity index (χ4v) is 4.37. The van der Waals surface area contributed by atoms with Gasteiger partial charge in [-0.1, -0.05) is 55.0 Å². The Labute approximate surface area is 173 Å². The molecule has 2 unspecified atom stereocenters. The van der Waals surface area contributed by atoms with Gasteiger partial charge in [-0.3, -0.25) is 9.69 Å². The molecule has 0 spiro atoms. The van der Waals surface area contributed by atoms with Crippen LogP contribution in [-0.2, 0) is 4.79 Å².